The van der Waals surface area contributed by atoms with E-state index >= 15 is 0 Å². The molecule has 0 bridgehead atoms. The summed E-state index contributed by atoms with van der Waals surface area (Å²) in [5, 5.41) is 9.62. The van der Waals surface area contributed by atoms with E-state index in [1.54, 1.807) is 0 Å². The number of hydrogen-bond acceptors (Lipinski definition) is 5. The molecule has 5 nitrogen and oxygen atoms in total. The first-order valence-corrected chi connectivity index (χ1v) is 6.99. The summed E-state index contributed by atoms with van der Waals surface area (Å²) >= 11 is 0. The summed E-state index contributed by atoms with van der Waals surface area (Å²) in [7, 11) is 0. The summed E-state index contributed by atoms with van der Waals surface area (Å²) in [6, 6.07) is 10.0. The average molecular weight is 280 g/mol. The Morgan fingerprint density at radius 3 is 2.70 bits per heavy atom. The maximum Gasteiger partial charge on any atom is 0.115 e. The predicted molar refractivity (Wildman–Crippen MR) is 71.3 cm³/mol. The average Bonchev–Trinajstić information content (AvgIpc) is 3.04. The van der Waals surface area contributed by atoms with E-state index in [0.29, 0.717) is 33.0 Å². The molecule has 4 unspecified atom stereocenters. The molecule has 1 N–H and O–H groups in total. The van der Waals surface area contributed by atoms with Crippen molar-refractivity contribution in [3.05, 3.63) is 35.9 Å². The van der Waals surface area contributed by atoms with Crippen molar-refractivity contribution in [2.45, 2.75) is 31.0 Å². The van der Waals surface area contributed by atoms with Crippen molar-refractivity contribution in [1.82, 2.24) is 0 Å². The molecular formula is C15H20O5. The molecule has 2 aliphatic rings. The number of ether oxygens (including phenoxy) is 4. The van der Waals surface area contributed by atoms with Crippen molar-refractivity contribution >= 4 is 0 Å². The van der Waals surface area contributed by atoms with Gasteiger partial charge in [0, 0.05) is 0 Å². The second kappa shape index (κ2) is 6.65. The smallest absolute Gasteiger partial charge is 0.115 e. The highest BCUT2D eigenvalue weighted by Gasteiger charge is 2.47. The minimum Gasteiger partial charge on any atom is -0.388 e. The summed E-state index contributed by atoms with van der Waals surface area (Å²) in [6.07, 6.45) is -0.996. The SMILES string of the molecule is OC1COC2C(OCCOCc3ccccc3)COC12. The molecule has 2 fully saturated rings. The molecule has 4 atom stereocenters. The summed E-state index contributed by atoms with van der Waals surface area (Å²) in [4.78, 5) is 0. The zero-order valence-electron chi connectivity index (χ0n) is 11.3. The molecule has 2 aliphatic heterocycles. The third-order valence-electron chi connectivity index (χ3n) is 3.65. The molecule has 2 saturated heterocycles. The molecule has 0 amide bonds. The third-order valence-corrected chi connectivity index (χ3v) is 3.65. The summed E-state index contributed by atoms with van der Waals surface area (Å²) in [5.74, 6) is 0. The van der Waals surface area contributed by atoms with Gasteiger partial charge in [-0.3, -0.25) is 0 Å². The van der Waals surface area contributed by atoms with E-state index in [1.807, 2.05) is 30.3 Å². The number of fused-ring (bicyclic) bond motifs is 1. The molecule has 1 aromatic carbocycles. The number of hydrogen-bond donors (Lipinski definition) is 1. The predicted octanol–water partition coefficient (Wildman–Crippen LogP) is 0.747. The first-order valence-electron chi connectivity index (χ1n) is 6.99. The standard InChI is InChI=1S/C15H20O5/c16-12-9-19-15-13(10-20-14(12)15)18-7-6-17-8-11-4-2-1-3-5-11/h1-5,12-16H,6-10H2. The molecule has 2 heterocycles. The van der Waals surface area contributed by atoms with Crippen LogP contribution in [0.4, 0.5) is 0 Å². The number of aliphatic hydroxyl groups excluding tert-OH is 1. The number of benzene rings is 1. The Hall–Kier alpha value is -0.980. The zero-order chi connectivity index (χ0) is 13.8. The third kappa shape index (κ3) is 3.19. The van der Waals surface area contributed by atoms with Gasteiger partial charge in [-0.15, -0.1) is 0 Å². The van der Waals surface area contributed by atoms with Crippen LogP contribution in [0.3, 0.4) is 0 Å². The summed E-state index contributed by atoms with van der Waals surface area (Å²) in [6.45, 7) is 2.44. The van der Waals surface area contributed by atoms with Crippen molar-refractivity contribution in [3.63, 3.8) is 0 Å². The van der Waals surface area contributed by atoms with Crippen molar-refractivity contribution in [3.8, 4) is 0 Å². The van der Waals surface area contributed by atoms with Crippen LogP contribution in [0.15, 0.2) is 30.3 Å². The Kier molecular flexibility index (Phi) is 4.65. The number of rotatable bonds is 6. The lowest BCUT2D eigenvalue weighted by atomic mass is 10.1. The van der Waals surface area contributed by atoms with Crippen LogP contribution in [0, 0.1) is 0 Å². The van der Waals surface area contributed by atoms with E-state index in [1.165, 1.54) is 0 Å². The van der Waals surface area contributed by atoms with Crippen LogP contribution in [-0.2, 0) is 25.6 Å². The summed E-state index contributed by atoms with van der Waals surface area (Å²) in [5.41, 5.74) is 1.15. The van der Waals surface area contributed by atoms with Gasteiger partial charge in [-0.25, -0.2) is 0 Å². The van der Waals surface area contributed by atoms with Gasteiger partial charge in [-0.1, -0.05) is 30.3 Å². The second-order valence-electron chi connectivity index (χ2n) is 5.11. The van der Waals surface area contributed by atoms with E-state index in [9.17, 15) is 5.11 Å². The normalized spacial score (nSPS) is 32.5. The van der Waals surface area contributed by atoms with Gasteiger partial charge in [-0.2, -0.15) is 0 Å². The molecule has 3 rings (SSSR count). The molecule has 1 aromatic rings. The molecule has 20 heavy (non-hydrogen) atoms. The van der Waals surface area contributed by atoms with Crippen molar-refractivity contribution in [1.29, 1.82) is 0 Å². The van der Waals surface area contributed by atoms with Gasteiger partial charge in [0.2, 0.25) is 0 Å². The van der Waals surface area contributed by atoms with Crippen molar-refractivity contribution < 1.29 is 24.1 Å². The minimum atomic E-state index is -0.525. The highest BCUT2D eigenvalue weighted by molar-refractivity contribution is 5.13. The maximum atomic E-state index is 9.62. The molecule has 5 heteroatoms. The highest BCUT2D eigenvalue weighted by atomic mass is 16.6. The minimum absolute atomic E-state index is 0.0996. The van der Waals surface area contributed by atoms with E-state index in [0.717, 1.165) is 5.56 Å². The topological polar surface area (TPSA) is 57.2 Å². The van der Waals surface area contributed by atoms with Crippen LogP contribution in [0.1, 0.15) is 5.56 Å². The Morgan fingerprint density at radius 1 is 1.05 bits per heavy atom. The molecular weight excluding hydrogens is 260 g/mol. The van der Waals surface area contributed by atoms with Crippen LogP contribution in [0.2, 0.25) is 0 Å². The quantitative estimate of drug-likeness (QED) is 0.779. The van der Waals surface area contributed by atoms with Crippen LogP contribution >= 0.6 is 0 Å². The lowest BCUT2D eigenvalue weighted by Crippen LogP contribution is -2.33. The van der Waals surface area contributed by atoms with Crippen LogP contribution in [0.5, 0.6) is 0 Å². The van der Waals surface area contributed by atoms with E-state index in [-0.39, 0.29) is 18.3 Å². The number of aliphatic hydroxyl groups is 1. The lowest BCUT2D eigenvalue weighted by Gasteiger charge is -2.16. The molecule has 0 aromatic heterocycles. The van der Waals surface area contributed by atoms with Crippen molar-refractivity contribution in [2.24, 2.45) is 0 Å². The Bertz CT molecular complexity index is 410. The van der Waals surface area contributed by atoms with Crippen molar-refractivity contribution in [2.75, 3.05) is 26.4 Å². The Morgan fingerprint density at radius 2 is 1.85 bits per heavy atom. The van der Waals surface area contributed by atoms with Crippen LogP contribution in [0.25, 0.3) is 0 Å². The lowest BCUT2D eigenvalue weighted by molar-refractivity contribution is -0.0550. The Balaban J connectivity index is 1.33. The van der Waals surface area contributed by atoms with Crippen LogP contribution < -0.4 is 0 Å². The first-order chi connectivity index (χ1) is 9.84. The molecule has 0 radical (unpaired) electrons. The summed E-state index contributed by atoms with van der Waals surface area (Å²) < 4.78 is 22.2. The molecule has 110 valence electrons. The van der Waals surface area contributed by atoms with E-state index in [2.05, 4.69) is 0 Å². The fourth-order valence-corrected chi connectivity index (χ4v) is 2.61. The maximum absolute atomic E-state index is 9.62. The fourth-order valence-electron chi connectivity index (χ4n) is 2.61. The van der Waals surface area contributed by atoms with Gasteiger partial charge < -0.3 is 24.1 Å². The molecule has 0 aliphatic carbocycles. The van der Waals surface area contributed by atoms with Gasteiger partial charge >= 0.3 is 0 Å². The van der Waals surface area contributed by atoms with E-state index in [4.69, 9.17) is 18.9 Å². The van der Waals surface area contributed by atoms with Gasteiger partial charge in [0.05, 0.1) is 33.0 Å². The van der Waals surface area contributed by atoms with Gasteiger partial charge in [0.25, 0.3) is 0 Å². The van der Waals surface area contributed by atoms with Crippen LogP contribution in [-0.4, -0.2) is 55.9 Å². The zero-order valence-corrected chi connectivity index (χ0v) is 11.3. The van der Waals surface area contributed by atoms with Gasteiger partial charge in [0.15, 0.2) is 0 Å². The van der Waals surface area contributed by atoms with Gasteiger partial charge in [0.1, 0.15) is 24.4 Å². The molecule has 0 spiro atoms. The Labute approximate surface area is 118 Å². The first kappa shape index (κ1) is 14.0. The second-order valence-corrected chi connectivity index (χ2v) is 5.11. The highest BCUT2D eigenvalue weighted by Crippen LogP contribution is 2.28. The van der Waals surface area contributed by atoms with Gasteiger partial charge in [-0.05, 0) is 5.56 Å². The molecule has 0 saturated carbocycles. The largest absolute Gasteiger partial charge is 0.388 e. The monoisotopic (exact) mass is 280 g/mol. The fraction of sp³-hybridized carbons (Fsp3) is 0.600. The van der Waals surface area contributed by atoms with E-state index < -0.39 is 6.10 Å².